The molecule has 0 spiro atoms. The molecule has 6 heteroatoms. The Hall–Kier alpha value is -1.82. The lowest BCUT2D eigenvalue weighted by Crippen LogP contribution is -2.33. The number of aryl methyl sites for hydroxylation is 2. The number of carbonyl (C=O) groups is 1. The summed E-state index contributed by atoms with van der Waals surface area (Å²) in [5.41, 5.74) is 2.52. The van der Waals surface area contributed by atoms with Gasteiger partial charge in [-0.15, -0.1) is 22.0 Å². The molecule has 24 heavy (non-hydrogen) atoms. The van der Waals surface area contributed by atoms with Gasteiger partial charge in [0, 0.05) is 17.9 Å². The number of amides is 1. The van der Waals surface area contributed by atoms with Gasteiger partial charge in [0.25, 0.3) is 0 Å². The van der Waals surface area contributed by atoms with Crippen LogP contribution in [-0.4, -0.2) is 25.9 Å². The van der Waals surface area contributed by atoms with Crippen LogP contribution in [0.15, 0.2) is 23.1 Å². The van der Waals surface area contributed by atoms with Crippen LogP contribution in [0, 0.1) is 6.92 Å². The standard InChI is InChI=1S/C18H22N4OS/c1-12-6-7-13-10-15(24-14(13)9-12)18(23)19-11-17-21-20-16-5-3-2-4-8-22(16)17/h6-7,9,15H,2-5,8,10-11H2,1H3,(H,19,23)/t15-/m0/s1. The molecule has 0 radical (unpaired) electrons. The number of hydrogen-bond donors (Lipinski definition) is 1. The number of nitrogens with zero attached hydrogens (tertiary/aromatic N) is 3. The fourth-order valence-corrected chi connectivity index (χ4v) is 4.75. The molecule has 3 heterocycles. The summed E-state index contributed by atoms with van der Waals surface area (Å²) in [7, 11) is 0. The van der Waals surface area contributed by atoms with Crippen LogP contribution in [0.2, 0.25) is 0 Å². The summed E-state index contributed by atoms with van der Waals surface area (Å²) in [6, 6.07) is 6.43. The Balaban J connectivity index is 1.39. The summed E-state index contributed by atoms with van der Waals surface area (Å²) >= 11 is 1.67. The average molecular weight is 342 g/mol. The average Bonchev–Trinajstić information content (AvgIpc) is 3.09. The predicted molar refractivity (Wildman–Crippen MR) is 94.0 cm³/mol. The quantitative estimate of drug-likeness (QED) is 0.931. The summed E-state index contributed by atoms with van der Waals surface area (Å²) in [6.45, 7) is 3.53. The highest BCUT2D eigenvalue weighted by Crippen LogP contribution is 2.37. The Morgan fingerprint density at radius 3 is 3.17 bits per heavy atom. The summed E-state index contributed by atoms with van der Waals surface area (Å²) in [4.78, 5) is 13.8. The third kappa shape index (κ3) is 3.07. The molecule has 1 N–H and O–H groups in total. The van der Waals surface area contributed by atoms with E-state index in [-0.39, 0.29) is 11.2 Å². The molecule has 0 unspecified atom stereocenters. The first-order valence-corrected chi connectivity index (χ1v) is 9.53. The number of rotatable bonds is 3. The van der Waals surface area contributed by atoms with E-state index in [4.69, 9.17) is 0 Å². The second kappa shape index (κ2) is 6.59. The van der Waals surface area contributed by atoms with E-state index in [1.165, 1.54) is 35.3 Å². The number of aromatic nitrogens is 3. The van der Waals surface area contributed by atoms with E-state index in [0.29, 0.717) is 6.54 Å². The normalized spacial score (nSPS) is 19.5. The minimum atomic E-state index is -0.0340. The molecule has 1 atom stereocenters. The fraction of sp³-hybridized carbons (Fsp3) is 0.500. The van der Waals surface area contributed by atoms with Crippen molar-refractivity contribution >= 4 is 17.7 Å². The Bertz CT molecular complexity index is 770. The summed E-state index contributed by atoms with van der Waals surface area (Å²) in [5.74, 6) is 2.05. The summed E-state index contributed by atoms with van der Waals surface area (Å²) in [5, 5.41) is 11.6. The summed E-state index contributed by atoms with van der Waals surface area (Å²) in [6.07, 6.45) is 5.39. The number of benzene rings is 1. The molecular formula is C18H22N4OS. The Morgan fingerprint density at radius 1 is 1.33 bits per heavy atom. The van der Waals surface area contributed by atoms with Gasteiger partial charge in [-0.05, 0) is 37.8 Å². The second-order valence-electron chi connectivity index (χ2n) is 6.63. The molecule has 126 valence electrons. The van der Waals surface area contributed by atoms with Crippen molar-refractivity contribution in [3.05, 3.63) is 41.0 Å². The van der Waals surface area contributed by atoms with Crippen LogP contribution in [0.4, 0.5) is 0 Å². The van der Waals surface area contributed by atoms with Gasteiger partial charge in [-0.2, -0.15) is 0 Å². The van der Waals surface area contributed by atoms with E-state index < -0.39 is 0 Å². The Labute approximate surface area is 146 Å². The molecule has 4 rings (SSSR count). The molecule has 0 fully saturated rings. The van der Waals surface area contributed by atoms with E-state index in [1.54, 1.807) is 11.8 Å². The van der Waals surface area contributed by atoms with Gasteiger partial charge in [-0.1, -0.05) is 24.1 Å². The van der Waals surface area contributed by atoms with Gasteiger partial charge in [0.05, 0.1) is 11.8 Å². The van der Waals surface area contributed by atoms with Gasteiger partial charge in [0.2, 0.25) is 5.91 Å². The minimum absolute atomic E-state index is 0.0340. The number of thioether (sulfide) groups is 1. The SMILES string of the molecule is Cc1ccc2c(c1)S[C@H](C(=O)NCc1nnc3n1CCCCC3)C2. The zero-order valence-corrected chi connectivity index (χ0v) is 14.7. The molecule has 0 saturated heterocycles. The lowest BCUT2D eigenvalue weighted by Gasteiger charge is -2.11. The zero-order chi connectivity index (χ0) is 16.5. The van der Waals surface area contributed by atoms with E-state index >= 15 is 0 Å². The zero-order valence-electron chi connectivity index (χ0n) is 13.9. The molecule has 2 aliphatic rings. The van der Waals surface area contributed by atoms with Crippen LogP contribution in [-0.2, 0) is 30.7 Å². The maximum absolute atomic E-state index is 12.5. The highest BCUT2D eigenvalue weighted by Gasteiger charge is 2.28. The highest BCUT2D eigenvalue weighted by molar-refractivity contribution is 8.01. The molecule has 5 nitrogen and oxygen atoms in total. The van der Waals surface area contributed by atoms with E-state index in [1.807, 2.05) is 0 Å². The maximum atomic E-state index is 12.5. The molecule has 1 aromatic carbocycles. The third-order valence-corrected chi connectivity index (χ3v) is 6.10. The van der Waals surface area contributed by atoms with Crippen LogP contribution in [0.5, 0.6) is 0 Å². The number of hydrogen-bond acceptors (Lipinski definition) is 4. The van der Waals surface area contributed by atoms with Crippen molar-refractivity contribution in [3.8, 4) is 0 Å². The van der Waals surface area contributed by atoms with Crippen LogP contribution >= 0.6 is 11.8 Å². The van der Waals surface area contributed by atoms with Crippen LogP contribution in [0.1, 0.15) is 42.0 Å². The molecule has 2 aliphatic heterocycles. The molecular weight excluding hydrogens is 320 g/mol. The van der Waals surface area contributed by atoms with Gasteiger partial charge < -0.3 is 9.88 Å². The van der Waals surface area contributed by atoms with Gasteiger partial charge in [0.1, 0.15) is 5.82 Å². The molecule has 0 aliphatic carbocycles. The van der Waals surface area contributed by atoms with Crippen molar-refractivity contribution in [1.82, 2.24) is 20.1 Å². The van der Waals surface area contributed by atoms with Crippen molar-refractivity contribution in [2.45, 2.75) is 62.3 Å². The number of carbonyl (C=O) groups excluding carboxylic acids is 1. The van der Waals surface area contributed by atoms with Crippen LogP contribution < -0.4 is 5.32 Å². The highest BCUT2D eigenvalue weighted by atomic mass is 32.2. The molecule has 1 aromatic heterocycles. The van der Waals surface area contributed by atoms with Crippen molar-refractivity contribution in [3.63, 3.8) is 0 Å². The Morgan fingerprint density at radius 2 is 2.25 bits per heavy atom. The molecule has 0 saturated carbocycles. The van der Waals surface area contributed by atoms with Gasteiger partial charge >= 0.3 is 0 Å². The second-order valence-corrected chi connectivity index (χ2v) is 7.88. The van der Waals surface area contributed by atoms with Gasteiger partial charge in [0.15, 0.2) is 5.82 Å². The largest absolute Gasteiger partial charge is 0.348 e. The topological polar surface area (TPSA) is 59.8 Å². The number of nitrogens with one attached hydrogen (secondary N) is 1. The Kier molecular flexibility index (Phi) is 4.31. The van der Waals surface area contributed by atoms with Crippen molar-refractivity contribution in [2.24, 2.45) is 0 Å². The van der Waals surface area contributed by atoms with Crippen molar-refractivity contribution in [1.29, 1.82) is 0 Å². The molecule has 2 aromatic rings. The number of fused-ring (bicyclic) bond motifs is 2. The van der Waals surface area contributed by atoms with E-state index in [0.717, 1.165) is 31.0 Å². The molecule has 1 amide bonds. The van der Waals surface area contributed by atoms with Crippen molar-refractivity contribution in [2.75, 3.05) is 0 Å². The summed E-state index contributed by atoms with van der Waals surface area (Å²) < 4.78 is 2.19. The van der Waals surface area contributed by atoms with E-state index in [2.05, 4.69) is 45.2 Å². The first-order valence-electron chi connectivity index (χ1n) is 8.65. The minimum Gasteiger partial charge on any atom is -0.348 e. The van der Waals surface area contributed by atoms with Crippen LogP contribution in [0.3, 0.4) is 0 Å². The van der Waals surface area contributed by atoms with Gasteiger partial charge in [-0.3, -0.25) is 4.79 Å². The fourth-order valence-electron chi connectivity index (χ4n) is 3.44. The van der Waals surface area contributed by atoms with Gasteiger partial charge in [-0.25, -0.2) is 0 Å². The molecule has 0 bridgehead atoms. The van der Waals surface area contributed by atoms with E-state index in [9.17, 15) is 4.79 Å². The monoisotopic (exact) mass is 342 g/mol. The maximum Gasteiger partial charge on any atom is 0.234 e. The predicted octanol–water partition coefficient (Wildman–Crippen LogP) is 2.65. The van der Waals surface area contributed by atoms with Crippen LogP contribution in [0.25, 0.3) is 0 Å². The lowest BCUT2D eigenvalue weighted by atomic mass is 10.1. The third-order valence-electron chi connectivity index (χ3n) is 4.80. The van der Waals surface area contributed by atoms with Crippen molar-refractivity contribution < 1.29 is 4.79 Å². The lowest BCUT2D eigenvalue weighted by molar-refractivity contribution is -0.120. The first kappa shape index (κ1) is 15.7. The first-order chi connectivity index (χ1) is 11.7. The smallest absolute Gasteiger partial charge is 0.234 e.